The molecule has 0 spiro atoms. The van der Waals surface area contributed by atoms with Crippen molar-refractivity contribution in [2.24, 2.45) is 0 Å². The zero-order valence-corrected chi connectivity index (χ0v) is 23.6. The third-order valence-electron chi connectivity index (χ3n) is 5.95. The van der Waals surface area contributed by atoms with Crippen molar-refractivity contribution in [1.82, 2.24) is 10.2 Å². The van der Waals surface area contributed by atoms with Crippen molar-refractivity contribution in [3.63, 3.8) is 0 Å². The highest BCUT2D eigenvalue weighted by atomic mass is 35.5. The van der Waals surface area contributed by atoms with Gasteiger partial charge in [0.1, 0.15) is 18.3 Å². The molecule has 0 heterocycles. The predicted octanol–water partition coefficient (Wildman–Crippen LogP) is 4.75. The van der Waals surface area contributed by atoms with Gasteiger partial charge >= 0.3 is 0 Å². The van der Waals surface area contributed by atoms with Crippen molar-refractivity contribution in [1.29, 1.82) is 0 Å². The summed E-state index contributed by atoms with van der Waals surface area (Å²) in [5.74, 6) is -0.284. The molecule has 0 saturated heterocycles. The van der Waals surface area contributed by atoms with Gasteiger partial charge in [-0.2, -0.15) is 0 Å². The fraction of sp³-hybridized carbons (Fsp3) is 0.259. The van der Waals surface area contributed by atoms with E-state index in [1.807, 2.05) is 0 Å². The second-order valence-corrected chi connectivity index (χ2v) is 11.0. The zero-order valence-electron chi connectivity index (χ0n) is 21.2. The molecule has 0 aromatic heterocycles. The zero-order chi connectivity index (χ0) is 27.9. The van der Waals surface area contributed by atoms with Crippen molar-refractivity contribution < 1.29 is 22.7 Å². The van der Waals surface area contributed by atoms with Crippen LogP contribution in [0.3, 0.4) is 0 Å². The average Bonchev–Trinajstić information content (AvgIpc) is 2.93. The largest absolute Gasteiger partial charge is 0.497 e. The van der Waals surface area contributed by atoms with Gasteiger partial charge in [0.15, 0.2) is 0 Å². The number of hydrogen-bond acceptors (Lipinski definition) is 5. The Hall–Kier alpha value is -3.27. The number of anilines is 1. The number of amides is 2. The van der Waals surface area contributed by atoms with Gasteiger partial charge in [0, 0.05) is 13.6 Å². The molecule has 0 saturated carbocycles. The van der Waals surface area contributed by atoms with Crippen LogP contribution in [0.5, 0.6) is 5.75 Å². The molecule has 0 bridgehead atoms. The van der Waals surface area contributed by atoms with E-state index in [0.717, 1.165) is 9.87 Å². The van der Waals surface area contributed by atoms with Gasteiger partial charge in [0.05, 0.1) is 27.7 Å². The molecule has 3 rings (SSSR count). The Balaban J connectivity index is 2.06. The number of likely N-dealkylation sites (N-methyl/N-ethyl adjacent to an activating group) is 1. The average molecular weight is 579 g/mol. The minimum absolute atomic E-state index is 0.00100. The highest BCUT2D eigenvalue weighted by Crippen LogP contribution is 2.31. The predicted molar refractivity (Wildman–Crippen MR) is 149 cm³/mol. The van der Waals surface area contributed by atoms with Crippen LogP contribution in [0.4, 0.5) is 5.69 Å². The minimum atomic E-state index is -4.19. The summed E-state index contributed by atoms with van der Waals surface area (Å²) in [5.41, 5.74) is 0.905. The molecule has 2 amide bonds. The molecular weight excluding hydrogens is 549 g/mol. The maximum absolute atomic E-state index is 13.9. The number of nitrogens with one attached hydrogen (secondary N) is 1. The normalized spacial score (nSPS) is 11.9. The van der Waals surface area contributed by atoms with Crippen molar-refractivity contribution in [3.8, 4) is 5.75 Å². The number of halogens is 2. The van der Waals surface area contributed by atoms with Crippen molar-refractivity contribution in [2.45, 2.75) is 30.8 Å². The highest BCUT2D eigenvalue weighted by molar-refractivity contribution is 7.92. The molecule has 38 heavy (non-hydrogen) atoms. The molecule has 0 aliphatic carbocycles. The van der Waals surface area contributed by atoms with Crippen molar-refractivity contribution >= 4 is 50.7 Å². The van der Waals surface area contributed by atoms with E-state index >= 15 is 0 Å². The van der Waals surface area contributed by atoms with Crippen LogP contribution in [0.15, 0.2) is 77.7 Å². The molecule has 8 nitrogen and oxygen atoms in total. The van der Waals surface area contributed by atoms with E-state index in [4.69, 9.17) is 27.9 Å². The van der Waals surface area contributed by atoms with Crippen LogP contribution in [-0.2, 0) is 26.2 Å². The summed E-state index contributed by atoms with van der Waals surface area (Å²) in [6.07, 6.45) is 0.319. The van der Waals surface area contributed by atoms with E-state index in [9.17, 15) is 18.0 Å². The van der Waals surface area contributed by atoms with Crippen molar-refractivity contribution in [3.05, 3.63) is 88.4 Å². The van der Waals surface area contributed by atoms with Crippen molar-refractivity contribution in [2.75, 3.05) is 25.0 Å². The first kappa shape index (κ1) is 29.3. The molecule has 3 aromatic carbocycles. The summed E-state index contributed by atoms with van der Waals surface area (Å²) >= 11 is 12.3. The lowest BCUT2D eigenvalue weighted by Crippen LogP contribution is -2.51. The maximum atomic E-state index is 13.9. The number of hydrogen-bond donors (Lipinski definition) is 1. The third-order valence-corrected chi connectivity index (χ3v) is 8.47. The summed E-state index contributed by atoms with van der Waals surface area (Å²) in [4.78, 5) is 28.0. The number of rotatable bonds is 11. The molecule has 1 N–H and O–H groups in total. The Morgan fingerprint density at radius 3 is 2.18 bits per heavy atom. The van der Waals surface area contributed by atoms with E-state index < -0.39 is 28.5 Å². The van der Waals surface area contributed by atoms with E-state index in [1.165, 1.54) is 42.3 Å². The third kappa shape index (κ3) is 6.78. The monoisotopic (exact) mass is 577 g/mol. The maximum Gasteiger partial charge on any atom is 0.264 e. The van der Waals surface area contributed by atoms with Gasteiger partial charge in [-0.05, 0) is 54.4 Å². The Kier molecular flexibility index (Phi) is 10.0. The van der Waals surface area contributed by atoms with Gasteiger partial charge in [0.25, 0.3) is 10.0 Å². The molecule has 1 atom stereocenters. The standard InChI is InChI=1S/C27H29Cl2N3O5S/c1-4-25(27(34)30-2)31(17-19-10-13-21(37-3)14-11-19)26(33)18-32(20-12-15-23(28)24(29)16-20)38(35,36)22-8-6-5-7-9-22/h5-16,25H,4,17-18H2,1-3H3,(H,30,34). The number of methoxy groups -OCH3 is 1. The first-order chi connectivity index (χ1) is 18.1. The van der Waals surface area contributed by atoms with Crippen LogP contribution >= 0.6 is 23.2 Å². The quantitative estimate of drug-likeness (QED) is 0.354. The summed E-state index contributed by atoms with van der Waals surface area (Å²) in [7, 11) is -1.15. The lowest BCUT2D eigenvalue weighted by atomic mass is 10.1. The topological polar surface area (TPSA) is 96.0 Å². The van der Waals surface area contributed by atoms with Gasteiger partial charge in [0.2, 0.25) is 11.8 Å². The summed E-state index contributed by atoms with van der Waals surface area (Å²) in [5, 5.41) is 2.97. The summed E-state index contributed by atoms with van der Waals surface area (Å²) in [6, 6.07) is 18.3. The Bertz CT molecular complexity index is 1370. The van der Waals surface area contributed by atoms with E-state index in [0.29, 0.717) is 12.2 Å². The SMILES string of the molecule is CCC(C(=O)NC)N(Cc1ccc(OC)cc1)C(=O)CN(c1ccc(Cl)c(Cl)c1)S(=O)(=O)c1ccccc1. The van der Waals surface area contributed by atoms with Gasteiger partial charge in [-0.1, -0.05) is 60.5 Å². The van der Waals surface area contributed by atoms with Gasteiger partial charge in [-0.15, -0.1) is 0 Å². The highest BCUT2D eigenvalue weighted by Gasteiger charge is 2.33. The number of benzene rings is 3. The first-order valence-corrected chi connectivity index (χ1v) is 14.0. The molecule has 0 fully saturated rings. The second kappa shape index (κ2) is 13.0. The molecule has 1 unspecified atom stereocenters. The fourth-order valence-electron chi connectivity index (χ4n) is 3.90. The minimum Gasteiger partial charge on any atom is -0.497 e. The van der Waals surface area contributed by atoms with Crippen LogP contribution in [0, 0.1) is 0 Å². The van der Waals surface area contributed by atoms with E-state index in [2.05, 4.69) is 5.32 Å². The molecule has 0 radical (unpaired) electrons. The van der Waals surface area contributed by atoms with E-state index in [1.54, 1.807) is 56.5 Å². The molecular formula is C27H29Cl2N3O5S. The smallest absolute Gasteiger partial charge is 0.264 e. The fourth-order valence-corrected chi connectivity index (χ4v) is 5.62. The molecule has 0 aliphatic rings. The Morgan fingerprint density at radius 1 is 0.974 bits per heavy atom. The van der Waals surface area contributed by atoms with Gasteiger partial charge in [-0.3, -0.25) is 13.9 Å². The Morgan fingerprint density at radius 2 is 1.63 bits per heavy atom. The van der Waals surface area contributed by atoms with Crippen LogP contribution in [0.25, 0.3) is 0 Å². The number of carbonyl (C=O) groups excluding carboxylic acids is 2. The Labute approximate surface area is 233 Å². The lowest BCUT2D eigenvalue weighted by Gasteiger charge is -2.33. The van der Waals surface area contributed by atoms with Gasteiger partial charge in [-0.25, -0.2) is 8.42 Å². The van der Waals surface area contributed by atoms with Gasteiger partial charge < -0.3 is 15.0 Å². The first-order valence-electron chi connectivity index (χ1n) is 11.8. The molecule has 11 heteroatoms. The molecule has 0 aliphatic heterocycles. The summed E-state index contributed by atoms with van der Waals surface area (Å²) in [6.45, 7) is 1.29. The number of ether oxygens (including phenoxy) is 1. The number of carbonyl (C=O) groups is 2. The van der Waals surface area contributed by atoms with Crippen LogP contribution < -0.4 is 14.4 Å². The second-order valence-electron chi connectivity index (χ2n) is 8.33. The van der Waals surface area contributed by atoms with E-state index in [-0.39, 0.29) is 33.1 Å². The number of sulfonamides is 1. The van der Waals surface area contributed by atoms with Crippen LogP contribution in [-0.4, -0.2) is 51.9 Å². The molecule has 3 aromatic rings. The number of nitrogens with zero attached hydrogens (tertiary/aromatic N) is 2. The molecule has 202 valence electrons. The summed E-state index contributed by atoms with van der Waals surface area (Å²) < 4.78 is 33.6. The van der Waals surface area contributed by atoms with Crippen LogP contribution in [0.1, 0.15) is 18.9 Å². The lowest BCUT2D eigenvalue weighted by molar-refractivity contribution is -0.140. The van der Waals surface area contributed by atoms with Crippen LogP contribution in [0.2, 0.25) is 10.0 Å².